The van der Waals surface area contributed by atoms with E-state index in [1.807, 2.05) is 13.8 Å². The molecule has 3 aromatic rings. The molecule has 0 saturated carbocycles. The Morgan fingerprint density at radius 1 is 0.897 bits per heavy atom. The largest absolute Gasteiger partial charge is 0.491 e. The molecule has 3 N–H and O–H groups in total. The summed E-state index contributed by atoms with van der Waals surface area (Å²) in [5, 5.41) is 11.5. The second-order valence-corrected chi connectivity index (χ2v) is 7.89. The van der Waals surface area contributed by atoms with Crippen molar-refractivity contribution in [1.29, 1.82) is 0 Å². The summed E-state index contributed by atoms with van der Waals surface area (Å²) in [4.78, 5) is 0. The van der Waals surface area contributed by atoms with Gasteiger partial charge in [0, 0.05) is 5.56 Å². The fourth-order valence-electron chi connectivity index (χ4n) is 3.04. The Morgan fingerprint density at radius 3 is 2.17 bits per heavy atom. The first-order chi connectivity index (χ1) is 13.8. The summed E-state index contributed by atoms with van der Waals surface area (Å²) in [6.45, 7) is 3.83. The fraction of sp³-hybridized carbons (Fsp3) is 0.217. The van der Waals surface area contributed by atoms with Gasteiger partial charge in [0.2, 0.25) is 0 Å². The highest BCUT2D eigenvalue weighted by molar-refractivity contribution is 6.42. The van der Waals surface area contributed by atoms with Crippen molar-refractivity contribution in [2.24, 2.45) is 5.73 Å². The highest BCUT2D eigenvalue weighted by atomic mass is 35.5. The molecule has 0 bridgehead atoms. The number of hydrogen-bond donors (Lipinski definition) is 2. The normalized spacial score (nSPS) is 13.4. The third-order valence-electron chi connectivity index (χ3n) is 4.54. The monoisotopic (exact) mass is 433 g/mol. The Labute approximate surface area is 179 Å². The molecule has 29 heavy (non-hydrogen) atoms. The van der Waals surface area contributed by atoms with Crippen LogP contribution >= 0.6 is 23.2 Å². The van der Waals surface area contributed by atoms with E-state index in [4.69, 9.17) is 33.7 Å². The zero-order chi connectivity index (χ0) is 21.1. The number of ether oxygens (including phenoxy) is 1. The van der Waals surface area contributed by atoms with Crippen LogP contribution in [-0.4, -0.2) is 11.2 Å². The Hall–Kier alpha value is -2.11. The van der Waals surface area contributed by atoms with Crippen molar-refractivity contribution < 1.29 is 14.2 Å². The van der Waals surface area contributed by atoms with E-state index in [9.17, 15) is 9.50 Å². The van der Waals surface area contributed by atoms with Crippen LogP contribution < -0.4 is 10.5 Å². The van der Waals surface area contributed by atoms with Gasteiger partial charge in [-0.1, -0.05) is 53.5 Å². The van der Waals surface area contributed by atoms with Crippen LogP contribution in [0.4, 0.5) is 4.39 Å². The van der Waals surface area contributed by atoms with Crippen LogP contribution in [0.25, 0.3) is 11.1 Å². The van der Waals surface area contributed by atoms with E-state index in [2.05, 4.69) is 0 Å². The minimum atomic E-state index is -0.957. The van der Waals surface area contributed by atoms with Crippen molar-refractivity contribution in [2.45, 2.75) is 32.1 Å². The molecule has 3 aromatic carbocycles. The molecule has 0 unspecified atom stereocenters. The topological polar surface area (TPSA) is 55.5 Å². The van der Waals surface area contributed by atoms with Gasteiger partial charge in [0.25, 0.3) is 0 Å². The van der Waals surface area contributed by atoms with Gasteiger partial charge in [0.05, 0.1) is 28.3 Å². The van der Waals surface area contributed by atoms with E-state index in [-0.39, 0.29) is 11.9 Å². The second-order valence-electron chi connectivity index (χ2n) is 7.07. The Kier molecular flexibility index (Phi) is 6.81. The average Bonchev–Trinajstić information content (AvgIpc) is 2.70. The molecule has 0 aliphatic carbocycles. The molecule has 0 amide bonds. The Morgan fingerprint density at radius 2 is 1.55 bits per heavy atom. The van der Waals surface area contributed by atoms with Crippen LogP contribution in [0.1, 0.15) is 37.1 Å². The zero-order valence-corrected chi connectivity index (χ0v) is 17.6. The number of halogens is 3. The molecule has 3 rings (SSSR count). The maximum absolute atomic E-state index is 14.3. The van der Waals surface area contributed by atoms with Crippen molar-refractivity contribution in [2.75, 3.05) is 0 Å². The van der Waals surface area contributed by atoms with Crippen LogP contribution in [0.15, 0.2) is 60.7 Å². The van der Waals surface area contributed by atoms with Gasteiger partial charge in [0.1, 0.15) is 11.6 Å². The third kappa shape index (κ3) is 5.09. The van der Waals surface area contributed by atoms with Crippen LogP contribution in [0.3, 0.4) is 0 Å². The first-order valence-electron chi connectivity index (χ1n) is 9.21. The van der Waals surface area contributed by atoms with E-state index >= 15 is 0 Å². The number of benzene rings is 3. The average molecular weight is 434 g/mol. The standard InChI is InChI=1S/C23H22Cl2FNO2/c1-13(2)29-17-8-10-21(26)18(12-17)14-3-5-15(6-4-14)23(28)22(27)16-7-9-19(24)20(25)11-16/h3-13,22-23,28H,27H2,1-2H3/t22-,23+/m0/s1. The molecule has 0 spiro atoms. The SMILES string of the molecule is CC(C)Oc1ccc(F)c(-c2ccc([C@@H](O)[C@@H](N)c3ccc(Cl)c(Cl)c3)cc2)c1. The lowest BCUT2D eigenvalue weighted by molar-refractivity contribution is 0.147. The first-order valence-corrected chi connectivity index (χ1v) is 9.97. The minimum Gasteiger partial charge on any atom is -0.491 e. The van der Waals surface area contributed by atoms with E-state index in [0.717, 1.165) is 0 Å². The molecule has 0 aliphatic rings. The van der Waals surface area contributed by atoms with Gasteiger partial charge in [-0.25, -0.2) is 4.39 Å². The Bertz CT molecular complexity index is 993. The summed E-state index contributed by atoms with van der Waals surface area (Å²) in [6.07, 6.45) is -0.963. The lowest BCUT2D eigenvalue weighted by Crippen LogP contribution is -2.19. The van der Waals surface area contributed by atoms with Gasteiger partial charge >= 0.3 is 0 Å². The van der Waals surface area contributed by atoms with Crippen LogP contribution in [0, 0.1) is 5.82 Å². The fourth-order valence-corrected chi connectivity index (χ4v) is 3.35. The molecule has 152 valence electrons. The first kappa shape index (κ1) is 21.6. The molecule has 3 nitrogen and oxygen atoms in total. The highest BCUT2D eigenvalue weighted by Gasteiger charge is 2.20. The molecule has 0 aromatic heterocycles. The van der Waals surface area contributed by atoms with Crippen molar-refractivity contribution in [3.63, 3.8) is 0 Å². The van der Waals surface area contributed by atoms with Crippen molar-refractivity contribution >= 4 is 23.2 Å². The third-order valence-corrected chi connectivity index (χ3v) is 5.28. The van der Waals surface area contributed by atoms with Crippen LogP contribution in [0.5, 0.6) is 5.75 Å². The lowest BCUT2D eigenvalue weighted by atomic mass is 9.95. The molecular formula is C23H22Cl2FNO2. The van der Waals surface area contributed by atoms with Crippen LogP contribution in [0.2, 0.25) is 10.0 Å². The quantitative estimate of drug-likeness (QED) is 0.477. The zero-order valence-electron chi connectivity index (χ0n) is 16.1. The molecule has 0 saturated heterocycles. The number of rotatable bonds is 6. The number of hydrogen-bond acceptors (Lipinski definition) is 3. The number of aliphatic hydroxyl groups excluding tert-OH is 1. The summed E-state index contributed by atoms with van der Waals surface area (Å²) in [7, 11) is 0. The van der Waals surface area contributed by atoms with Crippen LogP contribution in [-0.2, 0) is 0 Å². The Balaban J connectivity index is 1.83. The minimum absolute atomic E-state index is 0.00584. The lowest BCUT2D eigenvalue weighted by Gasteiger charge is -2.20. The second kappa shape index (κ2) is 9.14. The van der Waals surface area contributed by atoms with Crippen molar-refractivity contribution in [1.82, 2.24) is 0 Å². The maximum atomic E-state index is 14.3. The molecule has 0 fully saturated rings. The van der Waals surface area contributed by atoms with Gasteiger partial charge in [-0.2, -0.15) is 0 Å². The molecule has 0 aliphatic heterocycles. The molecule has 6 heteroatoms. The van der Waals surface area contributed by atoms with Crippen molar-refractivity contribution in [3.8, 4) is 16.9 Å². The van der Waals surface area contributed by atoms with Gasteiger partial charge < -0.3 is 15.6 Å². The summed E-state index contributed by atoms with van der Waals surface area (Å²) in [5.41, 5.74) is 8.59. The number of aliphatic hydroxyl groups is 1. The van der Waals surface area contributed by atoms with Crippen molar-refractivity contribution in [3.05, 3.63) is 87.7 Å². The molecule has 0 heterocycles. The highest BCUT2D eigenvalue weighted by Crippen LogP contribution is 2.33. The maximum Gasteiger partial charge on any atom is 0.131 e. The molecule has 2 atom stereocenters. The van der Waals surface area contributed by atoms with E-state index in [1.165, 1.54) is 6.07 Å². The van der Waals surface area contributed by atoms with Gasteiger partial charge in [-0.3, -0.25) is 0 Å². The van der Waals surface area contributed by atoms with Gasteiger partial charge in [0.15, 0.2) is 0 Å². The predicted octanol–water partition coefficient (Wildman–Crippen LogP) is 6.32. The molecular weight excluding hydrogens is 412 g/mol. The summed E-state index contributed by atoms with van der Waals surface area (Å²) in [5.74, 6) is 0.254. The van der Waals surface area contributed by atoms with E-state index in [0.29, 0.717) is 38.0 Å². The van der Waals surface area contributed by atoms with Gasteiger partial charge in [-0.05, 0) is 60.9 Å². The van der Waals surface area contributed by atoms with E-state index < -0.39 is 12.1 Å². The number of nitrogens with two attached hydrogens (primary N) is 1. The van der Waals surface area contributed by atoms with Gasteiger partial charge in [-0.15, -0.1) is 0 Å². The predicted molar refractivity (Wildman–Crippen MR) is 116 cm³/mol. The summed E-state index contributed by atoms with van der Waals surface area (Å²) < 4.78 is 20.0. The summed E-state index contributed by atoms with van der Waals surface area (Å²) in [6, 6.07) is 15.9. The summed E-state index contributed by atoms with van der Waals surface area (Å²) >= 11 is 12.0. The molecule has 0 radical (unpaired) electrons. The van der Waals surface area contributed by atoms with E-state index in [1.54, 1.807) is 54.6 Å². The smallest absolute Gasteiger partial charge is 0.131 e.